The Hall–Kier alpha value is -3.27. The molecule has 0 aliphatic heterocycles. The van der Waals surface area contributed by atoms with Gasteiger partial charge in [-0.05, 0) is 77.8 Å². The maximum atomic E-state index is 11.6. The molecule has 0 unspecified atom stereocenters. The standard InChI is InChI=1S/C20H40O5.C15H6OS.9H2/c1-2-3-4-5-6-7-8-9-10-11-12-13-14-15-20(23)25-19(16-21)17-24-18-22;1-3-4-5-6-7-8-9-10-11-12-13-14-17-15(2)16;;;;;;;;;/h19,21-22H,2-18H2,1H3;1-2H3;9*1H/t19-;;;;;;;;;;/m1........../s1. The van der Waals surface area contributed by atoms with Gasteiger partial charge in [-0.1, -0.05) is 89.9 Å². The van der Waals surface area contributed by atoms with E-state index < -0.39 is 12.9 Å². The van der Waals surface area contributed by atoms with Gasteiger partial charge in [0.1, 0.15) is 12.9 Å². The van der Waals surface area contributed by atoms with Crippen molar-refractivity contribution in [2.45, 2.75) is 117 Å². The summed E-state index contributed by atoms with van der Waals surface area (Å²) >= 11 is 0.901. The molecule has 0 rings (SSSR count). The van der Waals surface area contributed by atoms with Crippen molar-refractivity contribution in [3.8, 4) is 70.4 Å². The second-order valence-electron chi connectivity index (χ2n) is 8.98. The SMILES string of the molecule is CC#CC#CC#CC#CC#CC#CSC(C)=O.CCCCCCCCCCCCCCCC(=O)O[C@H](CO)COCO.[HH].[HH].[HH].[HH].[HH].[HH].[HH].[HH].[HH]. The quantitative estimate of drug-likeness (QED) is 0.0665. The lowest BCUT2D eigenvalue weighted by Crippen LogP contribution is -2.27. The summed E-state index contributed by atoms with van der Waals surface area (Å²) in [5, 5.41) is 20.0. The Morgan fingerprint density at radius 1 is 0.714 bits per heavy atom. The molecule has 0 aromatic heterocycles. The third-order valence-corrected chi connectivity index (χ3v) is 5.81. The highest BCUT2D eigenvalue weighted by Gasteiger charge is 2.13. The number of thioether (sulfide) groups is 1. The van der Waals surface area contributed by atoms with Gasteiger partial charge in [-0.15, -0.1) is 0 Å². The third-order valence-electron chi connectivity index (χ3n) is 5.31. The van der Waals surface area contributed by atoms with Gasteiger partial charge in [-0.2, -0.15) is 0 Å². The zero-order chi connectivity index (χ0) is 31.4. The molecule has 0 bridgehead atoms. The highest BCUT2D eigenvalue weighted by molar-refractivity contribution is 8.17. The van der Waals surface area contributed by atoms with Crippen LogP contribution in [0.4, 0.5) is 0 Å². The van der Waals surface area contributed by atoms with Gasteiger partial charge >= 0.3 is 5.97 Å². The molecule has 0 heterocycles. The summed E-state index contributed by atoms with van der Waals surface area (Å²) in [6.07, 6.45) is 16.2. The van der Waals surface area contributed by atoms with E-state index in [0.717, 1.165) is 24.6 Å². The second-order valence-corrected chi connectivity index (χ2v) is 9.97. The van der Waals surface area contributed by atoms with E-state index in [1.807, 2.05) is 0 Å². The molecule has 2 N–H and O–H groups in total. The van der Waals surface area contributed by atoms with E-state index in [-0.39, 0.29) is 37.1 Å². The molecule has 1 atom stereocenters. The van der Waals surface area contributed by atoms with E-state index in [2.05, 4.69) is 77.3 Å². The van der Waals surface area contributed by atoms with Crippen LogP contribution in [0.15, 0.2) is 0 Å². The number of aliphatic hydroxyl groups excluding tert-OH is 2. The minimum Gasteiger partial charge on any atom is -0.457 e. The summed E-state index contributed by atoms with van der Waals surface area (Å²) in [5.74, 6) is 27.2. The summed E-state index contributed by atoms with van der Waals surface area (Å²) in [6.45, 7) is 4.69. The molecule has 0 aromatic carbocycles. The number of hydrogen-bond acceptors (Lipinski definition) is 7. The number of aliphatic hydroxyl groups is 2. The smallest absolute Gasteiger partial charge is 0.306 e. The molecule has 0 aliphatic carbocycles. The topological polar surface area (TPSA) is 93.1 Å². The largest absolute Gasteiger partial charge is 0.457 e. The summed E-state index contributed by atoms with van der Waals surface area (Å²) in [7, 11) is 0. The molecule has 0 saturated carbocycles. The summed E-state index contributed by atoms with van der Waals surface area (Å²) in [4.78, 5) is 22.1. The molecule has 0 saturated heterocycles. The van der Waals surface area contributed by atoms with Gasteiger partial charge in [-0.3, -0.25) is 9.59 Å². The molecule has 0 spiro atoms. The first kappa shape index (κ1) is 40.9. The van der Waals surface area contributed by atoms with Crippen LogP contribution in [0.25, 0.3) is 0 Å². The Morgan fingerprint density at radius 2 is 1.17 bits per heavy atom. The lowest BCUT2D eigenvalue weighted by atomic mass is 10.0. The van der Waals surface area contributed by atoms with Crippen LogP contribution in [0.3, 0.4) is 0 Å². The molecule has 7 heteroatoms. The zero-order valence-electron chi connectivity index (χ0n) is 25.5. The number of ether oxygens (including phenoxy) is 2. The monoisotopic (exact) mass is 612 g/mol. The summed E-state index contributed by atoms with van der Waals surface area (Å²) in [6, 6.07) is 0. The molecule has 0 aromatic rings. The van der Waals surface area contributed by atoms with Crippen molar-refractivity contribution in [2.24, 2.45) is 0 Å². The van der Waals surface area contributed by atoms with E-state index in [9.17, 15) is 9.59 Å². The molecule has 6 nitrogen and oxygen atoms in total. The summed E-state index contributed by atoms with van der Waals surface area (Å²) < 4.78 is 9.81. The molecule has 42 heavy (non-hydrogen) atoms. The van der Waals surface area contributed by atoms with Gasteiger partial charge < -0.3 is 19.7 Å². The third kappa shape index (κ3) is 36.7. The molecule has 0 amide bonds. The average Bonchev–Trinajstić information content (AvgIpc) is 2.98. The Morgan fingerprint density at radius 3 is 1.60 bits per heavy atom. The van der Waals surface area contributed by atoms with E-state index in [1.165, 1.54) is 77.6 Å². The van der Waals surface area contributed by atoms with Crippen molar-refractivity contribution in [1.29, 1.82) is 0 Å². The predicted octanol–water partition coefficient (Wildman–Crippen LogP) is 7.82. The fraction of sp³-hybridized carbons (Fsp3) is 0.600. The fourth-order valence-corrected chi connectivity index (χ4v) is 3.52. The van der Waals surface area contributed by atoms with E-state index in [1.54, 1.807) is 6.92 Å². The second kappa shape index (κ2) is 35.8. The number of carbonyl (C=O) groups excluding carboxylic acids is 2. The lowest BCUT2D eigenvalue weighted by molar-refractivity contribution is -0.157. The van der Waals surface area contributed by atoms with Gasteiger partial charge in [0.25, 0.3) is 0 Å². The van der Waals surface area contributed by atoms with Crippen molar-refractivity contribution in [3.05, 3.63) is 0 Å². The highest BCUT2D eigenvalue weighted by Crippen LogP contribution is 2.13. The van der Waals surface area contributed by atoms with Crippen LogP contribution in [0.5, 0.6) is 0 Å². The van der Waals surface area contributed by atoms with Crippen LogP contribution < -0.4 is 0 Å². The van der Waals surface area contributed by atoms with Crippen LogP contribution >= 0.6 is 11.8 Å². The maximum absolute atomic E-state index is 11.6. The molecule has 0 aliphatic rings. The fourth-order valence-electron chi connectivity index (χ4n) is 3.28. The Labute approximate surface area is 272 Å². The number of esters is 1. The Kier molecular flexibility index (Phi) is 34.8. The van der Waals surface area contributed by atoms with Gasteiger partial charge in [0.05, 0.1) is 13.2 Å². The van der Waals surface area contributed by atoms with Crippen LogP contribution in [0, 0.1) is 70.4 Å². The van der Waals surface area contributed by atoms with Crippen LogP contribution in [-0.4, -0.2) is 47.4 Å². The molecular weight excluding hydrogens is 548 g/mol. The van der Waals surface area contributed by atoms with Crippen LogP contribution in [0.1, 0.15) is 124 Å². The van der Waals surface area contributed by atoms with Gasteiger partial charge in [0.15, 0.2) is 5.12 Å². The Balaban J connectivity index is -0.0000000619. The van der Waals surface area contributed by atoms with Crippen LogP contribution in [0.2, 0.25) is 0 Å². The summed E-state index contributed by atoms with van der Waals surface area (Å²) in [5.41, 5.74) is 0. The van der Waals surface area contributed by atoms with Gasteiger partial charge in [0, 0.05) is 37.9 Å². The molecule has 0 radical (unpaired) electrons. The predicted molar refractivity (Wildman–Crippen MR) is 190 cm³/mol. The minimum atomic E-state index is -0.679. The number of carbonyl (C=O) groups is 2. The number of hydrogen-bond donors (Lipinski definition) is 2. The van der Waals surface area contributed by atoms with Gasteiger partial charge in [0.2, 0.25) is 0 Å². The van der Waals surface area contributed by atoms with Crippen LogP contribution in [-0.2, 0) is 19.1 Å². The normalized spacial score (nSPS) is 9.36. The van der Waals surface area contributed by atoms with Crippen molar-refractivity contribution in [2.75, 3.05) is 20.0 Å². The van der Waals surface area contributed by atoms with Crippen molar-refractivity contribution in [3.63, 3.8) is 0 Å². The zero-order valence-corrected chi connectivity index (χ0v) is 26.4. The molecule has 0 fully saturated rings. The van der Waals surface area contributed by atoms with Crippen molar-refractivity contribution < 1.29 is 42.1 Å². The minimum absolute atomic E-state index is 0. The van der Waals surface area contributed by atoms with E-state index >= 15 is 0 Å². The number of unbranched alkanes of at least 4 members (excludes halogenated alkanes) is 12. The lowest BCUT2D eigenvalue weighted by Gasteiger charge is -2.14. The first-order valence-electron chi connectivity index (χ1n) is 14.6. The van der Waals surface area contributed by atoms with E-state index in [4.69, 9.17) is 19.7 Å². The maximum Gasteiger partial charge on any atom is 0.306 e. The molecule has 246 valence electrons. The van der Waals surface area contributed by atoms with E-state index in [0.29, 0.717) is 6.42 Å². The average molecular weight is 613 g/mol. The van der Waals surface area contributed by atoms with Gasteiger partial charge in [-0.25, -0.2) is 0 Å². The molecular formula is C35H64O6S. The Bertz CT molecular complexity index is 1120. The number of rotatable bonds is 19. The van der Waals surface area contributed by atoms with Crippen molar-refractivity contribution in [1.82, 2.24) is 0 Å². The first-order chi connectivity index (χ1) is 20.5. The van der Waals surface area contributed by atoms with Crippen molar-refractivity contribution >= 4 is 22.8 Å². The highest BCUT2D eigenvalue weighted by atomic mass is 32.2. The first-order valence-corrected chi connectivity index (χ1v) is 15.4.